The minimum Gasteiger partial charge on any atom is -0.377 e. The number of primary amides is 1. The van der Waals surface area contributed by atoms with Crippen LogP contribution in [0.15, 0.2) is 0 Å². The number of carbonyl (C=O) groups excluding carboxylic acids is 1. The lowest BCUT2D eigenvalue weighted by atomic mass is 9.97. The van der Waals surface area contributed by atoms with Crippen LogP contribution in [0.4, 0.5) is 0 Å². The predicted molar refractivity (Wildman–Crippen MR) is 65.3 cm³/mol. The molecule has 1 saturated heterocycles. The summed E-state index contributed by atoms with van der Waals surface area (Å²) in [6.45, 7) is 2.93. The van der Waals surface area contributed by atoms with E-state index in [1.54, 1.807) is 0 Å². The van der Waals surface area contributed by atoms with Crippen LogP contribution in [0, 0.1) is 0 Å². The standard InChI is InChI=1S/C12H23N3O2/c1-8-10(4-6-17-8)15(2)9-3-5-12(14,7-9)11(13)16/h8-10H,3-7,14H2,1-2H3,(H2,13,16). The van der Waals surface area contributed by atoms with Gasteiger partial charge in [0.05, 0.1) is 11.6 Å². The van der Waals surface area contributed by atoms with E-state index in [1.807, 2.05) is 0 Å². The van der Waals surface area contributed by atoms with Gasteiger partial charge in [0, 0.05) is 18.7 Å². The van der Waals surface area contributed by atoms with E-state index in [0.717, 1.165) is 19.4 Å². The van der Waals surface area contributed by atoms with Crippen molar-refractivity contribution in [3.05, 3.63) is 0 Å². The van der Waals surface area contributed by atoms with Crippen molar-refractivity contribution >= 4 is 5.91 Å². The minimum absolute atomic E-state index is 0.265. The molecule has 1 aliphatic carbocycles. The Morgan fingerprint density at radius 1 is 1.47 bits per heavy atom. The minimum atomic E-state index is -0.804. The smallest absolute Gasteiger partial charge is 0.237 e. The van der Waals surface area contributed by atoms with Gasteiger partial charge in [-0.15, -0.1) is 0 Å². The molecule has 4 unspecified atom stereocenters. The van der Waals surface area contributed by atoms with Crippen LogP contribution in [0.3, 0.4) is 0 Å². The normalized spacial score (nSPS) is 42.2. The summed E-state index contributed by atoms with van der Waals surface area (Å²) in [5, 5.41) is 0. The largest absolute Gasteiger partial charge is 0.377 e. The molecule has 1 heterocycles. The van der Waals surface area contributed by atoms with Crippen LogP contribution in [0.2, 0.25) is 0 Å². The number of hydrogen-bond acceptors (Lipinski definition) is 4. The molecule has 0 bridgehead atoms. The zero-order valence-electron chi connectivity index (χ0n) is 10.7. The number of nitrogens with two attached hydrogens (primary N) is 2. The van der Waals surface area contributed by atoms with E-state index in [2.05, 4.69) is 18.9 Å². The average Bonchev–Trinajstić information content (AvgIpc) is 2.85. The van der Waals surface area contributed by atoms with Gasteiger partial charge < -0.3 is 16.2 Å². The first-order valence-corrected chi connectivity index (χ1v) is 6.36. The molecule has 4 N–H and O–H groups in total. The summed E-state index contributed by atoms with van der Waals surface area (Å²) in [5.41, 5.74) is 10.6. The second kappa shape index (κ2) is 4.55. The summed E-state index contributed by atoms with van der Waals surface area (Å²) < 4.78 is 5.58. The van der Waals surface area contributed by atoms with E-state index in [4.69, 9.17) is 16.2 Å². The average molecular weight is 241 g/mol. The number of carbonyl (C=O) groups is 1. The van der Waals surface area contributed by atoms with Gasteiger partial charge in [-0.2, -0.15) is 0 Å². The molecule has 4 atom stereocenters. The molecule has 2 fully saturated rings. The SMILES string of the molecule is CC1OCCC1N(C)C1CCC(N)(C(N)=O)C1. The summed E-state index contributed by atoms with van der Waals surface area (Å²) >= 11 is 0. The quantitative estimate of drug-likeness (QED) is 0.719. The topological polar surface area (TPSA) is 81.6 Å². The molecule has 2 aliphatic rings. The van der Waals surface area contributed by atoms with Gasteiger partial charge in [-0.05, 0) is 39.7 Å². The second-order valence-corrected chi connectivity index (χ2v) is 5.51. The highest BCUT2D eigenvalue weighted by atomic mass is 16.5. The van der Waals surface area contributed by atoms with Crippen molar-refractivity contribution in [3.8, 4) is 0 Å². The maximum absolute atomic E-state index is 11.3. The Hall–Kier alpha value is -0.650. The number of hydrogen-bond donors (Lipinski definition) is 2. The van der Waals surface area contributed by atoms with E-state index < -0.39 is 5.54 Å². The lowest BCUT2D eigenvalue weighted by Crippen LogP contribution is -2.52. The fourth-order valence-electron chi connectivity index (χ4n) is 3.15. The Bertz CT molecular complexity index is 310. The highest BCUT2D eigenvalue weighted by Gasteiger charge is 2.44. The van der Waals surface area contributed by atoms with E-state index in [0.29, 0.717) is 24.9 Å². The first-order chi connectivity index (χ1) is 7.94. The van der Waals surface area contributed by atoms with Crippen molar-refractivity contribution in [3.63, 3.8) is 0 Å². The molecule has 1 saturated carbocycles. The molecule has 17 heavy (non-hydrogen) atoms. The lowest BCUT2D eigenvalue weighted by molar-refractivity contribution is -0.123. The van der Waals surface area contributed by atoms with Crippen LogP contribution in [0.25, 0.3) is 0 Å². The van der Waals surface area contributed by atoms with Crippen LogP contribution in [-0.4, -0.2) is 48.2 Å². The number of ether oxygens (including phenoxy) is 1. The Morgan fingerprint density at radius 2 is 2.18 bits per heavy atom. The van der Waals surface area contributed by atoms with Gasteiger partial charge in [-0.25, -0.2) is 0 Å². The molecule has 5 heteroatoms. The van der Waals surface area contributed by atoms with Gasteiger partial charge in [0.15, 0.2) is 0 Å². The second-order valence-electron chi connectivity index (χ2n) is 5.51. The van der Waals surface area contributed by atoms with Crippen molar-refractivity contribution < 1.29 is 9.53 Å². The molecule has 0 aromatic rings. The van der Waals surface area contributed by atoms with E-state index in [-0.39, 0.29) is 12.0 Å². The number of likely N-dealkylation sites (N-methyl/N-ethyl adjacent to an activating group) is 1. The lowest BCUT2D eigenvalue weighted by Gasteiger charge is -2.32. The van der Waals surface area contributed by atoms with Crippen LogP contribution in [0.5, 0.6) is 0 Å². The van der Waals surface area contributed by atoms with Crippen LogP contribution < -0.4 is 11.5 Å². The molecule has 0 aromatic carbocycles. The molecule has 2 rings (SSSR count). The number of rotatable bonds is 3. The maximum Gasteiger partial charge on any atom is 0.237 e. The number of nitrogens with zero attached hydrogens (tertiary/aromatic N) is 1. The molecular weight excluding hydrogens is 218 g/mol. The predicted octanol–water partition coefficient (Wildman–Crippen LogP) is -0.169. The van der Waals surface area contributed by atoms with Crippen molar-refractivity contribution in [2.24, 2.45) is 11.5 Å². The molecule has 0 radical (unpaired) electrons. The van der Waals surface area contributed by atoms with E-state index in [1.165, 1.54) is 0 Å². The molecule has 5 nitrogen and oxygen atoms in total. The fourth-order valence-corrected chi connectivity index (χ4v) is 3.15. The number of amides is 1. The molecule has 1 aliphatic heterocycles. The van der Waals surface area contributed by atoms with Crippen LogP contribution in [-0.2, 0) is 9.53 Å². The molecule has 1 amide bonds. The molecule has 0 aromatic heterocycles. The first kappa shape index (κ1) is 12.8. The van der Waals surface area contributed by atoms with Crippen molar-refractivity contribution in [2.45, 2.75) is 56.3 Å². The summed E-state index contributed by atoms with van der Waals surface area (Å²) in [4.78, 5) is 13.7. The van der Waals surface area contributed by atoms with Crippen LogP contribution >= 0.6 is 0 Å². The van der Waals surface area contributed by atoms with Crippen molar-refractivity contribution in [1.82, 2.24) is 4.90 Å². The van der Waals surface area contributed by atoms with Gasteiger partial charge in [-0.3, -0.25) is 9.69 Å². The van der Waals surface area contributed by atoms with Crippen molar-refractivity contribution in [1.29, 1.82) is 0 Å². The highest BCUT2D eigenvalue weighted by Crippen LogP contribution is 2.33. The maximum atomic E-state index is 11.3. The van der Waals surface area contributed by atoms with Gasteiger partial charge in [0.2, 0.25) is 5.91 Å². The van der Waals surface area contributed by atoms with Gasteiger partial charge in [0.1, 0.15) is 0 Å². The third-order valence-electron chi connectivity index (χ3n) is 4.45. The molecular formula is C12H23N3O2. The Balaban J connectivity index is 1.98. The molecule has 0 spiro atoms. The summed E-state index contributed by atoms with van der Waals surface area (Å²) in [7, 11) is 2.10. The van der Waals surface area contributed by atoms with Gasteiger partial charge in [0.25, 0.3) is 0 Å². The third kappa shape index (κ3) is 2.32. The fraction of sp³-hybridized carbons (Fsp3) is 0.917. The van der Waals surface area contributed by atoms with E-state index in [9.17, 15) is 4.79 Å². The van der Waals surface area contributed by atoms with Crippen molar-refractivity contribution in [2.75, 3.05) is 13.7 Å². The van der Waals surface area contributed by atoms with Crippen LogP contribution in [0.1, 0.15) is 32.6 Å². The third-order valence-corrected chi connectivity index (χ3v) is 4.45. The summed E-state index contributed by atoms with van der Waals surface area (Å²) in [6, 6.07) is 0.789. The Labute approximate surface area is 102 Å². The molecule has 98 valence electrons. The first-order valence-electron chi connectivity index (χ1n) is 6.36. The summed E-state index contributed by atoms with van der Waals surface area (Å²) in [6.07, 6.45) is 3.63. The Kier molecular flexibility index (Phi) is 3.43. The highest BCUT2D eigenvalue weighted by molar-refractivity contribution is 5.84. The zero-order chi connectivity index (χ0) is 12.6. The van der Waals surface area contributed by atoms with Gasteiger partial charge >= 0.3 is 0 Å². The van der Waals surface area contributed by atoms with E-state index >= 15 is 0 Å². The van der Waals surface area contributed by atoms with Gasteiger partial charge in [-0.1, -0.05) is 0 Å². The monoisotopic (exact) mass is 241 g/mol. The zero-order valence-corrected chi connectivity index (χ0v) is 10.7. The summed E-state index contributed by atoms with van der Waals surface area (Å²) in [5.74, 6) is -0.371. The Morgan fingerprint density at radius 3 is 2.65 bits per heavy atom.